The first kappa shape index (κ1) is 26.4. The highest BCUT2D eigenvalue weighted by Gasteiger charge is 2.45. The monoisotopic (exact) mass is 547 g/mol. The van der Waals surface area contributed by atoms with Crippen LogP contribution in [0.2, 0.25) is 0 Å². The maximum atomic E-state index is 14.0. The summed E-state index contributed by atoms with van der Waals surface area (Å²) >= 11 is 0. The lowest BCUT2D eigenvalue weighted by atomic mass is 9.95. The van der Waals surface area contributed by atoms with Gasteiger partial charge in [0, 0.05) is 53.2 Å². The van der Waals surface area contributed by atoms with Crippen LogP contribution in [0.4, 0.5) is 0 Å². The standard InChI is InChI=1S/C33H33N5O3/c1-20(2)17-29(32(40)35-34-31(39)28-18-21-11-5-9-15-26(21)37(28)4)38-30(23-13-6-7-14-24(23)33(38)41)25-19-36(3)27-16-10-8-12-22(25)27/h5-16,18-20,29-30H,17H2,1-4H3,(H,34,39)(H,35,40). The third-order valence-electron chi connectivity index (χ3n) is 8.04. The lowest BCUT2D eigenvalue weighted by Crippen LogP contribution is -2.54. The van der Waals surface area contributed by atoms with Crippen molar-refractivity contribution in [2.45, 2.75) is 32.4 Å². The Labute approximate surface area is 238 Å². The van der Waals surface area contributed by atoms with Crippen LogP contribution in [0.1, 0.15) is 58.3 Å². The van der Waals surface area contributed by atoms with Gasteiger partial charge in [-0.05, 0) is 42.2 Å². The summed E-state index contributed by atoms with van der Waals surface area (Å²) in [7, 11) is 3.80. The summed E-state index contributed by atoms with van der Waals surface area (Å²) < 4.78 is 3.84. The predicted octanol–water partition coefficient (Wildman–Crippen LogP) is 5.09. The third kappa shape index (κ3) is 4.45. The highest BCUT2D eigenvalue weighted by atomic mass is 16.2. The fraction of sp³-hybridized carbons (Fsp3) is 0.242. The summed E-state index contributed by atoms with van der Waals surface area (Å²) in [6.07, 6.45) is 2.47. The largest absolute Gasteiger partial charge is 0.350 e. The average Bonchev–Trinajstić information content (AvgIpc) is 3.59. The fourth-order valence-electron chi connectivity index (χ4n) is 6.13. The highest BCUT2D eigenvalue weighted by Crippen LogP contribution is 2.43. The molecule has 3 heterocycles. The van der Waals surface area contributed by atoms with Crippen molar-refractivity contribution in [2.24, 2.45) is 20.0 Å². The summed E-state index contributed by atoms with van der Waals surface area (Å²) in [5, 5.41) is 1.96. The van der Waals surface area contributed by atoms with E-state index in [9.17, 15) is 14.4 Å². The van der Waals surface area contributed by atoms with Crippen molar-refractivity contribution in [1.29, 1.82) is 0 Å². The number of hydrogen-bond acceptors (Lipinski definition) is 3. The van der Waals surface area contributed by atoms with Gasteiger partial charge in [0.25, 0.3) is 17.7 Å². The normalized spacial score (nSPS) is 15.5. The van der Waals surface area contributed by atoms with Gasteiger partial charge < -0.3 is 14.0 Å². The summed E-state index contributed by atoms with van der Waals surface area (Å²) in [5.74, 6) is -0.942. The van der Waals surface area contributed by atoms with E-state index in [4.69, 9.17) is 0 Å². The number of nitrogens with zero attached hydrogens (tertiary/aromatic N) is 3. The maximum Gasteiger partial charge on any atom is 0.286 e. The van der Waals surface area contributed by atoms with Crippen molar-refractivity contribution in [3.8, 4) is 0 Å². The molecule has 3 amide bonds. The lowest BCUT2D eigenvalue weighted by molar-refractivity contribution is -0.127. The fourth-order valence-corrected chi connectivity index (χ4v) is 6.13. The Morgan fingerprint density at radius 1 is 0.854 bits per heavy atom. The molecule has 0 fully saturated rings. The van der Waals surface area contributed by atoms with Crippen molar-refractivity contribution in [2.75, 3.05) is 0 Å². The molecule has 0 aliphatic carbocycles. The molecular weight excluding hydrogens is 514 g/mol. The van der Waals surface area contributed by atoms with Crippen LogP contribution in [-0.2, 0) is 18.9 Å². The van der Waals surface area contributed by atoms with Crippen molar-refractivity contribution >= 4 is 39.5 Å². The molecule has 8 heteroatoms. The van der Waals surface area contributed by atoms with Crippen LogP contribution in [0.3, 0.4) is 0 Å². The second-order valence-electron chi connectivity index (χ2n) is 11.2. The van der Waals surface area contributed by atoms with Gasteiger partial charge in [-0.2, -0.15) is 0 Å². The Bertz CT molecular complexity index is 1810. The van der Waals surface area contributed by atoms with Gasteiger partial charge in [0.15, 0.2) is 0 Å². The molecule has 0 bridgehead atoms. The molecule has 2 unspecified atom stereocenters. The van der Waals surface area contributed by atoms with E-state index in [-0.39, 0.29) is 11.8 Å². The molecule has 1 aliphatic rings. The van der Waals surface area contributed by atoms with Crippen LogP contribution >= 0.6 is 0 Å². The molecule has 8 nitrogen and oxygen atoms in total. The molecular formula is C33H33N5O3. The van der Waals surface area contributed by atoms with Crippen molar-refractivity contribution < 1.29 is 14.4 Å². The van der Waals surface area contributed by atoms with E-state index >= 15 is 0 Å². The summed E-state index contributed by atoms with van der Waals surface area (Å²) in [6, 6.07) is 23.9. The number of carbonyl (C=O) groups is 3. The molecule has 5 aromatic rings. The van der Waals surface area contributed by atoms with Gasteiger partial charge >= 0.3 is 0 Å². The number of carbonyl (C=O) groups excluding carboxylic acids is 3. The van der Waals surface area contributed by atoms with Crippen molar-refractivity contribution in [3.63, 3.8) is 0 Å². The maximum absolute atomic E-state index is 14.0. The number of hydrazine groups is 1. The van der Waals surface area contributed by atoms with E-state index in [0.717, 1.165) is 32.9 Å². The summed E-state index contributed by atoms with van der Waals surface area (Å²) in [5.41, 5.74) is 10.1. The minimum Gasteiger partial charge on any atom is -0.350 e. The van der Waals surface area contributed by atoms with Crippen LogP contribution in [-0.4, -0.2) is 37.8 Å². The van der Waals surface area contributed by atoms with Crippen LogP contribution in [0.15, 0.2) is 85.1 Å². The SMILES string of the molecule is CC(C)CC(C(=O)NNC(=O)c1cc2ccccc2n1C)N1C(=O)c2ccccc2C1c1cn(C)c2ccccc12. The van der Waals surface area contributed by atoms with E-state index in [1.54, 1.807) is 15.5 Å². The second kappa shape index (κ2) is 10.3. The van der Waals surface area contributed by atoms with Crippen LogP contribution in [0, 0.1) is 5.92 Å². The molecule has 208 valence electrons. The first-order valence-electron chi connectivity index (χ1n) is 13.9. The van der Waals surface area contributed by atoms with Gasteiger partial charge in [-0.25, -0.2) is 0 Å². The molecule has 0 saturated carbocycles. The number of nitrogens with one attached hydrogen (secondary N) is 2. The smallest absolute Gasteiger partial charge is 0.286 e. The van der Waals surface area contributed by atoms with Crippen LogP contribution in [0.5, 0.6) is 0 Å². The van der Waals surface area contributed by atoms with Gasteiger partial charge in [0.1, 0.15) is 11.7 Å². The Morgan fingerprint density at radius 3 is 2.29 bits per heavy atom. The van der Waals surface area contributed by atoms with Crippen molar-refractivity contribution in [1.82, 2.24) is 24.9 Å². The molecule has 41 heavy (non-hydrogen) atoms. The first-order chi connectivity index (χ1) is 19.8. The number of rotatable bonds is 6. The minimum absolute atomic E-state index is 0.115. The number of amides is 3. The third-order valence-corrected chi connectivity index (χ3v) is 8.04. The Morgan fingerprint density at radius 2 is 1.54 bits per heavy atom. The molecule has 0 spiro atoms. The molecule has 0 radical (unpaired) electrons. The quantitative estimate of drug-likeness (QED) is 0.290. The molecule has 2 atom stereocenters. The first-order valence-corrected chi connectivity index (χ1v) is 13.9. The summed E-state index contributed by atoms with van der Waals surface area (Å²) in [4.78, 5) is 42.7. The zero-order chi connectivity index (χ0) is 28.8. The molecule has 3 aromatic carbocycles. The van der Waals surface area contributed by atoms with Gasteiger partial charge in [-0.15, -0.1) is 0 Å². The molecule has 2 aromatic heterocycles. The lowest BCUT2D eigenvalue weighted by Gasteiger charge is -2.33. The molecule has 1 aliphatic heterocycles. The minimum atomic E-state index is -0.813. The zero-order valence-corrected chi connectivity index (χ0v) is 23.6. The van der Waals surface area contributed by atoms with Crippen LogP contribution in [0.25, 0.3) is 21.8 Å². The number of aromatic nitrogens is 2. The number of benzene rings is 3. The zero-order valence-electron chi connectivity index (χ0n) is 23.6. The van der Waals surface area contributed by atoms with Crippen LogP contribution < -0.4 is 10.9 Å². The number of fused-ring (bicyclic) bond motifs is 3. The number of para-hydroxylation sites is 2. The van der Waals surface area contributed by atoms with E-state index in [1.165, 1.54) is 0 Å². The van der Waals surface area contributed by atoms with Gasteiger partial charge in [-0.1, -0.05) is 68.4 Å². The summed E-state index contributed by atoms with van der Waals surface area (Å²) in [6.45, 7) is 4.05. The van der Waals surface area contributed by atoms with E-state index < -0.39 is 23.9 Å². The molecule has 0 saturated heterocycles. The molecule has 2 N–H and O–H groups in total. The van der Waals surface area contributed by atoms with Gasteiger partial charge in [-0.3, -0.25) is 25.2 Å². The second-order valence-corrected chi connectivity index (χ2v) is 11.2. The Kier molecular flexibility index (Phi) is 6.61. The van der Waals surface area contributed by atoms with E-state index in [0.29, 0.717) is 17.7 Å². The van der Waals surface area contributed by atoms with Gasteiger partial charge in [0.05, 0.1) is 6.04 Å². The topological polar surface area (TPSA) is 88.4 Å². The Balaban J connectivity index is 1.35. The highest BCUT2D eigenvalue weighted by molar-refractivity contribution is 6.04. The number of hydrogen-bond donors (Lipinski definition) is 2. The van der Waals surface area contributed by atoms with Crippen molar-refractivity contribution in [3.05, 3.63) is 107 Å². The van der Waals surface area contributed by atoms with E-state index in [1.807, 2.05) is 101 Å². The number of aryl methyl sites for hydroxylation is 2. The predicted molar refractivity (Wildman–Crippen MR) is 159 cm³/mol. The average molecular weight is 548 g/mol. The molecule has 6 rings (SSSR count). The van der Waals surface area contributed by atoms with E-state index in [2.05, 4.69) is 21.5 Å². The van der Waals surface area contributed by atoms with Gasteiger partial charge in [0.2, 0.25) is 0 Å². The Hall–Kier alpha value is -4.85.